The number of halogens is 3. The highest BCUT2D eigenvalue weighted by molar-refractivity contribution is 5.37. The van der Waals surface area contributed by atoms with Crippen molar-refractivity contribution in [1.82, 2.24) is 10.3 Å². The first-order valence-electron chi connectivity index (χ1n) is 5.06. The zero-order valence-corrected chi connectivity index (χ0v) is 8.51. The molecule has 1 unspecified atom stereocenters. The summed E-state index contributed by atoms with van der Waals surface area (Å²) in [6.45, 7) is 1.75. The largest absolute Gasteiger partial charge is 0.417 e. The maximum Gasteiger partial charge on any atom is 0.417 e. The summed E-state index contributed by atoms with van der Waals surface area (Å²) < 4.78 is 36.8. The quantitative estimate of drug-likeness (QED) is 0.816. The van der Waals surface area contributed by atoms with Gasteiger partial charge in [-0.3, -0.25) is 0 Å². The van der Waals surface area contributed by atoms with Crippen LogP contribution in [0.5, 0.6) is 0 Å². The SMILES string of the molecule is FC(F)(F)c1ccc(NC2CCNC2)nc1. The monoisotopic (exact) mass is 231 g/mol. The number of pyridine rings is 1. The van der Waals surface area contributed by atoms with Crippen LogP contribution < -0.4 is 10.6 Å². The van der Waals surface area contributed by atoms with E-state index in [2.05, 4.69) is 15.6 Å². The number of anilines is 1. The first kappa shape index (κ1) is 11.2. The van der Waals surface area contributed by atoms with Gasteiger partial charge in [-0.1, -0.05) is 0 Å². The van der Waals surface area contributed by atoms with Gasteiger partial charge in [0.1, 0.15) is 5.82 Å². The van der Waals surface area contributed by atoms with Crippen LogP contribution in [0.3, 0.4) is 0 Å². The van der Waals surface area contributed by atoms with Crippen molar-refractivity contribution in [1.29, 1.82) is 0 Å². The lowest BCUT2D eigenvalue weighted by Gasteiger charge is -2.12. The molecule has 0 aliphatic carbocycles. The topological polar surface area (TPSA) is 37.0 Å². The molecule has 0 radical (unpaired) electrons. The Kier molecular flexibility index (Phi) is 3.00. The lowest BCUT2D eigenvalue weighted by Crippen LogP contribution is -2.22. The molecule has 0 saturated carbocycles. The molecule has 0 amide bonds. The molecule has 1 aromatic heterocycles. The maximum atomic E-state index is 12.3. The number of nitrogens with zero attached hydrogens (tertiary/aromatic N) is 1. The number of alkyl halides is 3. The second-order valence-electron chi connectivity index (χ2n) is 3.76. The van der Waals surface area contributed by atoms with Gasteiger partial charge >= 0.3 is 6.18 Å². The lowest BCUT2D eigenvalue weighted by atomic mass is 10.2. The van der Waals surface area contributed by atoms with Crippen molar-refractivity contribution in [3.8, 4) is 0 Å². The molecule has 2 heterocycles. The second kappa shape index (κ2) is 4.29. The molecule has 3 nitrogen and oxygen atoms in total. The van der Waals surface area contributed by atoms with Gasteiger partial charge in [0.05, 0.1) is 5.56 Å². The molecule has 88 valence electrons. The van der Waals surface area contributed by atoms with Crippen LogP contribution in [0.2, 0.25) is 0 Å². The van der Waals surface area contributed by atoms with Gasteiger partial charge in [0.25, 0.3) is 0 Å². The first-order valence-corrected chi connectivity index (χ1v) is 5.06. The van der Waals surface area contributed by atoms with Gasteiger partial charge in [-0.15, -0.1) is 0 Å². The summed E-state index contributed by atoms with van der Waals surface area (Å²) in [5.74, 6) is 0.488. The highest BCUT2D eigenvalue weighted by Crippen LogP contribution is 2.28. The Balaban J connectivity index is 2.01. The molecule has 1 atom stereocenters. The Morgan fingerprint density at radius 2 is 2.19 bits per heavy atom. The van der Waals surface area contributed by atoms with Crippen molar-refractivity contribution >= 4 is 5.82 Å². The number of rotatable bonds is 2. The zero-order valence-electron chi connectivity index (χ0n) is 8.51. The van der Waals surface area contributed by atoms with Gasteiger partial charge in [0.15, 0.2) is 0 Å². The lowest BCUT2D eigenvalue weighted by molar-refractivity contribution is -0.137. The molecule has 0 aromatic carbocycles. The Morgan fingerprint density at radius 3 is 2.69 bits per heavy atom. The van der Waals surface area contributed by atoms with Crippen LogP contribution >= 0.6 is 0 Å². The van der Waals surface area contributed by atoms with E-state index in [-0.39, 0.29) is 6.04 Å². The average Bonchev–Trinajstić information content (AvgIpc) is 2.70. The Bertz CT molecular complexity index is 341. The Morgan fingerprint density at radius 1 is 1.38 bits per heavy atom. The number of hydrogen-bond donors (Lipinski definition) is 2. The zero-order chi connectivity index (χ0) is 11.6. The van der Waals surface area contributed by atoms with Crippen molar-refractivity contribution in [3.63, 3.8) is 0 Å². The molecule has 1 fully saturated rings. The van der Waals surface area contributed by atoms with Gasteiger partial charge in [-0.25, -0.2) is 4.98 Å². The standard InChI is InChI=1S/C10H12F3N3/c11-10(12,13)7-1-2-9(15-5-7)16-8-3-4-14-6-8/h1-2,5,8,14H,3-4,6H2,(H,15,16). The van der Waals surface area contributed by atoms with Gasteiger partial charge in [0, 0.05) is 18.8 Å². The summed E-state index contributed by atoms with van der Waals surface area (Å²) in [5, 5.41) is 6.24. The van der Waals surface area contributed by atoms with Crippen LogP contribution in [0.25, 0.3) is 0 Å². The first-order chi connectivity index (χ1) is 7.55. The summed E-state index contributed by atoms with van der Waals surface area (Å²) in [7, 11) is 0. The van der Waals surface area contributed by atoms with Crippen molar-refractivity contribution in [2.24, 2.45) is 0 Å². The number of aromatic nitrogens is 1. The van der Waals surface area contributed by atoms with Crippen LogP contribution in [0.15, 0.2) is 18.3 Å². The molecule has 6 heteroatoms. The normalized spacial score (nSPS) is 21.1. The fourth-order valence-electron chi connectivity index (χ4n) is 1.63. The van der Waals surface area contributed by atoms with Crippen LogP contribution in [-0.2, 0) is 6.18 Å². The maximum absolute atomic E-state index is 12.3. The Labute approximate surface area is 91.1 Å². The highest BCUT2D eigenvalue weighted by atomic mass is 19.4. The summed E-state index contributed by atoms with van der Waals surface area (Å²) in [4.78, 5) is 3.75. The molecule has 1 saturated heterocycles. The number of hydrogen-bond acceptors (Lipinski definition) is 3. The minimum Gasteiger partial charge on any atom is -0.366 e. The minimum absolute atomic E-state index is 0.254. The van der Waals surface area contributed by atoms with Gasteiger partial charge in [0.2, 0.25) is 0 Å². The summed E-state index contributed by atoms with van der Waals surface area (Å²) in [6.07, 6.45) is -2.51. The molecule has 1 aromatic rings. The molecule has 16 heavy (non-hydrogen) atoms. The number of nitrogens with one attached hydrogen (secondary N) is 2. The van der Waals surface area contributed by atoms with Gasteiger partial charge < -0.3 is 10.6 Å². The molecule has 2 N–H and O–H groups in total. The van der Waals surface area contributed by atoms with Crippen molar-refractivity contribution in [2.45, 2.75) is 18.6 Å². The molecule has 1 aliphatic rings. The van der Waals surface area contributed by atoms with Crippen LogP contribution in [0.4, 0.5) is 19.0 Å². The van der Waals surface area contributed by atoms with E-state index in [1.165, 1.54) is 6.07 Å². The van der Waals surface area contributed by atoms with E-state index in [0.717, 1.165) is 31.8 Å². The summed E-state index contributed by atoms with van der Waals surface area (Å²) in [6, 6.07) is 2.66. The van der Waals surface area contributed by atoms with Crippen molar-refractivity contribution in [2.75, 3.05) is 18.4 Å². The predicted molar refractivity (Wildman–Crippen MR) is 54.1 cm³/mol. The van der Waals surface area contributed by atoms with Crippen LogP contribution in [0.1, 0.15) is 12.0 Å². The van der Waals surface area contributed by atoms with E-state index in [9.17, 15) is 13.2 Å². The summed E-state index contributed by atoms with van der Waals surface area (Å²) >= 11 is 0. The molecule has 2 rings (SSSR count). The average molecular weight is 231 g/mol. The second-order valence-corrected chi connectivity index (χ2v) is 3.76. The third kappa shape index (κ3) is 2.63. The Hall–Kier alpha value is -1.30. The molecule has 0 bridgehead atoms. The predicted octanol–water partition coefficient (Wildman–Crippen LogP) is 1.87. The minimum atomic E-state index is -4.32. The fraction of sp³-hybridized carbons (Fsp3) is 0.500. The molecule has 1 aliphatic heterocycles. The highest BCUT2D eigenvalue weighted by Gasteiger charge is 2.30. The third-order valence-corrected chi connectivity index (χ3v) is 2.50. The fourth-order valence-corrected chi connectivity index (χ4v) is 1.63. The van der Waals surface area contributed by atoms with Gasteiger partial charge in [-0.2, -0.15) is 13.2 Å². The third-order valence-electron chi connectivity index (χ3n) is 2.50. The van der Waals surface area contributed by atoms with Gasteiger partial charge in [-0.05, 0) is 25.1 Å². The van der Waals surface area contributed by atoms with E-state index < -0.39 is 11.7 Å². The van der Waals surface area contributed by atoms with E-state index in [1.807, 2.05) is 0 Å². The smallest absolute Gasteiger partial charge is 0.366 e. The van der Waals surface area contributed by atoms with E-state index in [0.29, 0.717) is 5.82 Å². The molecular weight excluding hydrogens is 219 g/mol. The molecular formula is C10H12F3N3. The van der Waals surface area contributed by atoms with Crippen molar-refractivity contribution in [3.05, 3.63) is 23.9 Å². The van der Waals surface area contributed by atoms with Crippen LogP contribution in [-0.4, -0.2) is 24.1 Å². The van der Waals surface area contributed by atoms with E-state index in [1.54, 1.807) is 0 Å². The van der Waals surface area contributed by atoms with E-state index in [4.69, 9.17) is 0 Å². The molecule has 0 spiro atoms. The van der Waals surface area contributed by atoms with Crippen molar-refractivity contribution < 1.29 is 13.2 Å². The van der Waals surface area contributed by atoms with Crippen LogP contribution in [0, 0.1) is 0 Å². The van der Waals surface area contributed by atoms with E-state index >= 15 is 0 Å². The summed E-state index contributed by atoms with van der Waals surface area (Å²) in [5.41, 5.74) is -0.720.